The molecule has 0 aromatic carbocycles. The summed E-state index contributed by atoms with van der Waals surface area (Å²) in [5.74, 6) is -0.251. The molecule has 0 rings (SSSR count). The highest BCUT2D eigenvalue weighted by Crippen LogP contribution is 2.53. The van der Waals surface area contributed by atoms with Gasteiger partial charge in [0, 0.05) is 5.92 Å². The van der Waals surface area contributed by atoms with Crippen molar-refractivity contribution in [3.63, 3.8) is 0 Å². The van der Waals surface area contributed by atoms with Crippen molar-refractivity contribution in [2.75, 3.05) is 0 Å². The van der Waals surface area contributed by atoms with Gasteiger partial charge in [-0.15, -0.1) is 0 Å². The number of nitrogens with zero attached hydrogens (tertiary/aromatic N) is 1. The Morgan fingerprint density at radius 1 is 1.00 bits per heavy atom. The molecule has 0 aliphatic heterocycles. The third-order valence-corrected chi connectivity index (χ3v) is 13.3. The fourth-order valence-corrected chi connectivity index (χ4v) is 13.0. The molecule has 2 unspecified atom stereocenters. The molecule has 0 radical (unpaired) electrons. The molecule has 3 nitrogen and oxygen atoms in total. The SMILES string of the molecule is CCC(C(C#N)CB(O)O)[Si](C(C)C)(C(C)C)C(C)C. The van der Waals surface area contributed by atoms with Gasteiger partial charge in [-0.1, -0.05) is 71.5 Å². The zero-order valence-corrected chi connectivity index (χ0v) is 15.2. The topological polar surface area (TPSA) is 64.2 Å². The van der Waals surface area contributed by atoms with Crippen molar-refractivity contribution in [2.24, 2.45) is 5.92 Å². The van der Waals surface area contributed by atoms with Crippen LogP contribution in [0, 0.1) is 17.2 Å². The van der Waals surface area contributed by atoms with E-state index in [0.717, 1.165) is 6.42 Å². The molecule has 2 N–H and O–H groups in total. The highest BCUT2D eigenvalue weighted by Gasteiger charge is 2.50. The van der Waals surface area contributed by atoms with Crippen LogP contribution in [0.2, 0.25) is 28.5 Å². The lowest BCUT2D eigenvalue weighted by molar-refractivity contribution is 0.391. The van der Waals surface area contributed by atoms with E-state index in [9.17, 15) is 15.3 Å². The van der Waals surface area contributed by atoms with Gasteiger partial charge in [-0.25, -0.2) is 0 Å². The summed E-state index contributed by atoms with van der Waals surface area (Å²) in [6.45, 7) is 15.9. The minimum absolute atomic E-state index is 0.177. The van der Waals surface area contributed by atoms with Gasteiger partial charge in [-0.2, -0.15) is 5.26 Å². The molecule has 5 heteroatoms. The standard InChI is InChI=1S/C15H32BNO2Si/c1-8-15(14(10-17)9-16(18)19)20(11(2)3,12(4)5)13(6)7/h11-15,18-19H,8-9H2,1-7H3. The van der Waals surface area contributed by atoms with Crippen molar-refractivity contribution in [2.45, 2.75) is 83.4 Å². The summed E-state index contributed by atoms with van der Waals surface area (Å²) in [5.41, 5.74) is 2.06. The lowest BCUT2D eigenvalue weighted by Gasteiger charge is -2.50. The Morgan fingerprint density at radius 2 is 1.40 bits per heavy atom. The second-order valence-corrected chi connectivity index (χ2v) is 13.1. The van der Waals surface area contributed by atoms with Gasteiger partial charge in [0.05, 0.1) is 14.1 Å². The van der Waals surface area contributed by atoms with E-state index in [2.05, 4.69) is 54.5 Å². The van der Waals surface area contributed by atoms with E-state index >= 15 is 0 Å². The largest absolute Gasteiger partial charge is 0.452 e. The van der Waals surface area contributed by atoms with Crippen LogP contribution >= 0.6 is 0 Å². The molecule has 0 spiro atoms. The van der Waals surface area contributed by atoms with E-state index in [0.29, 0.717) is 22.2 Å². The molecule has 20 heavy (non-hydrogen) atoms. The maximum Gasteiger partial charge on any atom is 0.452 e. The molecule has 0 saturated carbocycles. The molecular formula is C15H32BNO2Si. The molecule has 0 saturated heterocycles. The summed E-state index contributed by atoms with van der Waals surface area (Å²) in [7, 11) is -3.14. The highest BCUT2D eigenvalue weighted by atomic mass is 28.3. The fourth-order valence-electron chi connectivity index (χ4n) is 4.81. The number of hydrogen-bond acceptors (Lipinski definition) is 3. The van der Waals surface area contributed by atoms with Gasteiger partial charge in [0.25, 0.3) is 0 Å². The van der Waals surface area contributed by atoms with Crippen molar-refractivity contribution in [1.29, 1.82) is 5.26 Å². The van der Waals surface area contributed by atoms with Crippen LogP contribution in [0.25, 0.3) is 0 Å². The molecule has 0 aromatic rings. The van der Waals surface area contributed by atoms with E-state index < -0.39 is 15.2 Å². The van der Waals surface area contributed by atoms with Crippen molar-refractivity contribution in [3.05, 3.63) is 0 Å². The summed E-state index contributed by atoms with van der Waals surface area (Å²) in [6, 6.07) is 2.37. The van der Waals surface area contributed by atoms with Crippen LogP contribution in [0.15, 0.2) is 0 Å². The van der Waals surface area contributed by atoms with E-state index in [4.69, 9.17) is 0 Å². The van der Waals surface area contributed by atoms with Crippen LogP contribution in [0.3, 0.4) is 0 Å². The van der Waals surface area contributed by atoms with E-state index in [-0.39, 0.29) is 12.2 Å². The molecule has 2 atom stereocenters. The Hall–Kier alpha value is -0.308. The van der Waals surface area contributed by atoms with Gasteiger partial charge in [0.1, 0.15) is 0 Å². The summed E-state index contributed by atoms with van der Waals surface area (Å²) in [5, 5.41) is 28.1. The van der Waals surface area contributed by atoms with Crippen LogP contribution in [0.4, 0.5) is 0 Å². The Bertz CT molecular complexity index is 305. The Balaban J connectivity index is 5.77. The zero-order chi connectivity index (χ0) is 16.1. The van der Waals surface area contributed by atoms with Crippen LogP contribution < -0.4 is 0 Å². The van der Waals surface area contributed by atoms with Crippen molar-refractivity contribution in [1.82, 2.24) is 0 Å². The third kappa shape index (κ3) is 3.87. The fraction of sp³-hybridized carbons (Fsp3) is 0.933. The maximum atomic E-state index is 9.54. The first-order valence-electron chi connectivity index (χ1n) is 7.91. The number of rotatable bonds is 8. The van der Waals surface area contributed by atoms with Gasteiger partial charge < -0.3 is 10.0 Å². The summed E-state index contributed by atoms with van der Waals surface area (Å²) >= 11 is 0. The monoisotopic (exact) mass is 297 g/mol. The molecular weight excluding hydrogens is 265 g/mol. The van der Waals surface area contributed by atoms with E-state index in [1.807, 2.05) is 0 Å². The first-order chi connectivity index (χ1) is 9.15. The summed E-state index contributed by atoms with van der Waals surface area (Å²) in [4.78, 5) is 0. The van der Waals surface area contributed by atoms with Crippen molar-refractivity contribution in [3.8, 4) is 6.07 Å². The quantitative estimate of drug-likeness (QED) is 0.664. The number of nitriles is 1. The van der Waals surface area contributed by atoms with Crippen molar-refractivity contribution >= 4 is 15.2 Å². The predicted molar refractivity (Wildman–Crippen MR) is 89.2 cm³/mol. The molecule has 0 aliphatic rings. The second kappa shape index (κ2) is 8.21. The van der Waals surface area contributed by atoms with E-state index in [1.165, 1.54) is 0 Å². The summed E-state index contributed by atoms with van der Waals surface area (Å²) < 4.78 is 0. The Morgan fingerprint density at radius 3 is 1.60 bits per heavy atom. The van der Waals surface area contributed by atoms with Gasteiger partial charge >= 0.3 is 7.12 Å². The molecule has 0 aromatic heterocycles. The van der Waals surface area contributed by atoms with Crippen LogP contribution in [0.5, 0.6) is 0 Å². The molecule has 116 valence electrons. The minimum Gasteiger partial charge on any atom is -0.427 e. The Kier molecular flexibility index (Phi) is 8.09. The molecule has 0 heterocycles. The lowest BCUT2D eigenvalue weighted by Crippen LogP contribution is -2.51. The van der Waals surface area contributed by atoms with Gasteiger partial charge in [0.2, 0.25) is 0 Å². The first kappa shape index (κ1) is 19.7. The van der Waals surface area contributed by atoms with Gasteiger partial charge in [-0.05, 0) is 11.9 Å². The lowest BCUT2D eigenvalue weighted by atomic mass is 9.77. The predicted octanol–water partition coefficient (Wildman–Crippen LogP) is 4.06. The van der Waals surface area contributed by atoms with Gasteiger partial charge in [0.15, 0.2) is 0 Å². The van der Waals surface area contributed by atoms with Crippen LogP contribution in [-0.4, -0.2) is 25.2 Å². The average molecular weight is 297 g/mol. The minimum atomic E-state index is -1.75. The normalized spacial score (nSPS) is 15.6. The van der Waals surface area contributed by atoms with Crippen LogP contribution in [-0.2, 0) is 0 Å². The van der Waals surface area contributed by atoms with Crippen molar-refractivity contribution < 1.29 is 10.0 Å². The molecule has 0 bridgehead atoms. The number of hydrogen-bond donors (Lipinski definition) is 2. The van der Waals surface area contributed by atoms with Crippen LogP contribution in [0.1, 0.15) is 54.9 Å². The average Bonchev–Trinajstić information content (AvgIpc) is 2.31. The maximum absolute atomic E-state index is 9.54. The Labute approximate surface area is 126 Å². The first-order valence-corrected chi connectivity index (χ1v) is 10.2. The summed E-state index contributed by atoms with van der Waals surface area (Å²) in [6.07, 6.45) is 1.13. The molecule has 0 amide bonds. The zero-order valence-electron chi connectivity index (χ0n) is 14.2. The smallest absolute Gasteiger partial charge is 0.427 e. The molecule has 0 aliphatic carbocycles. The van der Waals surface area contributed by atoms with Gasteiger partial charge in [-0.3, -0.25) is 0 Å². The highest BCUT2D eigenvalue weighted by molar-refractivity contribution is 6.85. The molecule has 0 fully saturated rings. The second-order valence-electron chi connectivity index (χ2n) is 6.93. The third-order valence-electron chi connectivity index (χ3n) is 5.20. The van der Waals surface area contributed by atoms with E-state index in [1.54, 1.807) is 0 Å².